The van der Waals surface area contributed by atoms with E-state index in [1.807, 2.05) is 4.90 Å². The fourth-order valence-electron chi connectivity index (χ4n) is 3.93. The third-order valence-electron chi connectivity index (χ3n) is 5.16. The van der Waals surface area contributed by atoms with Crippen LogP contribution in [-0.2, 0) is 6.18 Å². The van der Waals surface area contributed by atoms with Gasteiger partial charge in [-0.25, -0.2) is 4.79 Å². The molecule has 26 heavy (non-hydrogen) atoms. The highest BCUT2D eigenvalue weighted by Crippen LogP contribution is 2.40. The highest BCUT2D eigenvalue weighted by atomic mass is 19.4. The van der Waals surface area contributed by atoms with Crippen molar-refractivity contribution in [2.24, 2.45) is 0 Å². The van der Waals surface area contributed by atoms with Crippen molar-refractivity contribution in [3.63, 3.8) is 0 Å². The molecule has 7 heteroatoms. The zero-order valence-electron chi connectivity index (χ0n) is 14.0. The van der Waals surface area contributed by atoms with Crippen LogP contribution < -0.4 is 5.32 Å². The summed E-state index contributed by atoms with van der Waals surface area (Å²) in [4.78, 5) is 18.4. The van der Waals surface area contributed by atoms with E-state index in [1.54, 1.807) is 12.1 Å². The lowest BCUT2D eigenvalue weighted by Crippen LogP contribution is -2.62. The van der Waals surface area contributed by atoms with Gasteiger partial charge in [-0.05, 0) is 56.0 Å². The van der Waals surface area contributed by atoms with E-state index < -0.39 is 11.7 Å². The van der Waals surface area contributed by atoms with Gasteiger partial charge in [0.25, 0.3) is 0 Å². The largest absolute Gasteiger partial charge is 0.417 e. The SMILES string of the molecule is O=C(Nc1ccc(C(F)(F)F)c(-c2ccccn2)c1)N1C2CCCC1C2. The van der Waals surface area contributed by atoms with Gasteiger partial charge in [0.2, 0.25) is 0 Å². The molecule has 2 saturated heterocycles. The molecule has 4 rings (SSSR count). The number of nitrogens with one attached hydrogen (secondary N) is 1. The summed E-state index contributed by atoms with van der Waals surface area (Å²) >= 11 is 0. The van der Waals surface area contributed by atoms with Crippen molar-refractivity contribution in [2.75, 3.05) is 5.32 Å². The van der Waals surface area contributed by atoms with E-state index in [-0.39, 0.29) is 29.4 Å². The number of aromatic nitrogens is 1. The minimum absolute atomic E-state index is 0.0419. The summed E-state index contributed by atoms with van der Waals surface area (Å²) in [6, 6.07) is 8.73. The molecule has 0 radical (unpaired) electrons. The number of nitrogens with zero attached hydrogens (tertiary/aromatic N) is 2. The summed E-state index contributed by atoms with van der Waals surface area (Å²) in [6.07, 6.45) is 1.10. The summed E-state index contributed by atoms with van der Waals surface area (Å²) in [6.45, 7) is 0. The third kappa shape index (κ3) is 3.02. The Labute approximate surface area is 149 Å². The minimum Gasteiger partial charge on any atom is -0.318 e. The van der Waals surface area contributed by atoms with Crippen LogP contribution in [0.2, 0.25) is 0 Å². The first-order valence-electron chi connectivity index (χ1n) is 8.65. The number of halogens is 3. The number of anilines is 1. The standard InChI is InChI=1S/C19H18F3N3O/c20-19(21,22)16-8-7-12(10-15(16)17-6-1-2-9-23-17)24-18(26)25-13-4-3-5-14(25)11-13/h1-2,6-10,13-14H,3-5,11H2,(H,24,26). The minimum atomic E-state index is -4.50. The number of rotatable bonds is 2. The van der Waals surface area contributed by atoms with Gasteiger partial charge in [0.1, 0.15) is 0 Å². The summed E-state index contributed by atoms with van der Waals surface area (Å²) in [7, 11) is 0. The number of amides is 2. The van der Waals surface area contributed by atoms with Crippen molar-refractivity contribution in [3.8, 4) is 11.3 Å². The summed E-state index contributed by atoms with van der Waals surface area (Å²) in [5.41, 5.74) is -0.250. The van der Waals surface area contributed by atoms with Gasteiger partial charge in [0.15, 0.2) is 0 Å². The van der Waals surface area contributed by atoms with E-state index in [9.17, 15) is 18.0 Å². The van der Waals surface area contributed by atoms with Crippen LogP contribution in [0.4, 0.5) is 23.7 Å². The Kier molecular flexibility index (Phi) is 4.09. The second-order valence-electron chi connectivity index (χ2n) is 6.78. The summed E-state index contributed by atoms with van der Waals surface area (Å²) in [5, 5.41) is 2.75. The first-order valence-corrected chi connectivity index (χ1v) is 8.65. The zero-order chi connectivity index (χ0) is 18.3. The Bertz CT molecular complexity index is 809. The molecular formula is C19H18F3N3O. The zero-order valence-corrected chi connectivity index (χ0v) is 14.0. The lowest BCUT2D eigenvalue weighted by Gasteiger charge is -2.52. The van der Waals surface area contributed by atoms with Crippen LogP contribution in [-0.4, -0.2) is 28.0 Å². The van der Waals surface area contributed by atoms with Crippen LogP contribution in [0.1, 0.15) is 31.2 Å². The molecule has 2 amide bonds. The van der Waals surface area contributed by atoms with Gasteiger partial charge in [0, 0.05) is 29.5 Å². The number of hydrogen-bond acceptors (Lipinski definition) is 2. The fourth-order valence-corrected chi connectivity index (χ4v) is 3.93. The molecule has 0 saturated carbocycles. The van der Waals surface area contributed by atoms with Crippen molar-refractivity contribution in [1.29, 1.82) is 0 Å². The Morgan fingerprint density at radius 2 is 1.92 bits per heavy atom. The fraction of sp³-hybridized carbons (Fsp3) is 0.368. The number of alkyl halides is 3. The molecule has 2 aliphatic rings. The van der Waals surface area contributed by atoms with E-state index in [2.05, 4.69) is 10.3 Å². The monoisotopic (exact) mass is 361 g/mol. The predicted molar refractivity (Wildman–Crippen MR) is 91.6 cm³/mol. The van der Waals surface area contributed by atoms with Crippen LogP contribution in [0.5, 0.6) is 0 Å². The molecule has 1 aromatic heterocycles. The van der Waals surface area contributed by atoms with Crippen molar-refractivity contribution >= 4 is 11.7 Å². The van der Waals surface area contributed by atoms with Crippen LogP contribution >= 0.6 is 0 Å². The smallest absolute Gasteiger partial charge is 0.318 e. The Morgan fingerprint density at radius 3 is 2.54 bits per heavy atom. The number of carbonyl (C=O) groups excluding carboxylic acids is 1. The van der Waals surface area contributed by atoms with Crippen LogP contribution in [0.25, 0.3) is 11.3 Å². The molecular weight excluding hydrogens is 343 g/mol. The first kappa shape index (κ1) is 16.9. The molecule has 136 valence electrons. The second kappa shape index (κ2) is 6.30. The van der Waals surface area contributed by atoms with Gasteiger partial charge in [-0.2, -0.15) is 13.2 Å². The molecule has 2 bridgehead atoms. The van der Waals surface area contributed by atoms with Gasteiger partial charge in [0.05, 0.1) is 11.3 Å². The normalized spacial score (nSPS) is 21.9. The van der Waals surface area contributed by atoms with Gasteiger partial charge in [-0.1, -0.05) is 6.07 Å². The Hall–Kier alpha value is -2.57. The molecule has 2 aliphatic heterocycles. The molecule has 0 aliphatic carbocycles. The Balaban J connectivity index is 1.62. The average Bonchev–Trinajstić information content (AvgIpc) is 2.62. The van der Waals surface area contributed by atoms with Crippen LogP contribution in [0, 0.1) is 0 Å². The lowest BCUT2D eigenvalue weighted by atomic mass is 9.80. The number of carbonyl (C=O) groups is 1. The highest BCUT2D eigenvalue weighted by Gasteiger charge is 2.44. The maximum absolute atomic E-state index is 13.4. The predicted octanol–water partition coefficient (Wildman–Crippen LogP) is 4.93. The van der Waals surface area contributed by atoms with Crippen molar-refractivity contribution < 1.29 is 18.0 Å². The van der Waals surface area contributed by atoms with Crippen LogP contribution in [0.15, 0.2) is 42.6 Å². The van der Waals surface area contributed by atoms with Gasteiger partial charge >= 0.3 is 12.2 Å². The molecule has 0 spiro atoms. The number of piperidine rings is 1. The van der Waals surface area contributed by atoms with E-state index >= 15 is 0 Å². The van der Waals surface area contributed by atoms with Crippen molar-refractivity contribution in [2.45, 2.75) is 43.9 Å². The third-order valence-corrected chi connectivity index (χ3v) is 5.16. The van der Waals surface area contributed by atoms with Crippen molar-refractivity contribution in [3.05, 3.63) is 48.2 Å². The van der Waals surface area contributed by atoms with E-state index in [4.69, 9.17) is 0 Å². The van der Waals surface area contributed by atoms with E-state index in [0.29, 0.717) is 5.69 Å². The number of urea groups is 1. The summed E-state index contributed by atoms with van der Waals surface area (Å²) < 4.78 is 40.1. The molecule has 4 nitrogen and oxygen atoms in total. The van der Waals surface area contributed by atoms with Crippen molar-refractivity contribution in [1.82, 2.24) is 9.88 Å². The second-order valence-corrected chi connectivity index (χ2v) is 6.78. The molecule has 2 aromatic rings. The molecule has 1 aromatic carbocycles. The first-order chi connectivity index (χ1) is 12.4. The maximum atomic E-state index is 13.4. The van der Waals surface area contributed by atoms with E-state index in [1.165, 1.54) is 24.4 Å². The lowest BCUT2D eigenvalue weighted by molar-refractivity contribution is -0.137. The Morgan fingerprint density at radius 1 is 1.15 bits per heavy atom. The molecule has 2 fully saturated rings. The molecule has 2 atom stereocenters. The molecule has 1 N–H and O–H groups in total. The molecule has 2 unspecified atom stereocenters. The van der Waals surface area contributed by atoms with Gasteiger partial charge in [-0.3, -0.25) is 4.98 Å². The number of pyridine rings is 1. The van der Waals surface area contributed by atoms with Gasteiger partial charge in [-0.15, -0.1) is 0 Å². The molecule has 3 heterocycles. The number of hydrogen-bond donors (Lipinski definition) is 1. The van der Waals surface area contributed by atoms with E-state index in [0.717, 1.165) is 31.7 Å². The maximum Gasteiger partial charge on any atom is 0.417 e. The average molecular weight is 361 g/mol. The quantitative estimate of drug-likeness (QED) is 0.825. The topological polar surface area (TPSA) is 45.2 Å². The summed E-state index contributed by atoms with van der Waals surface area (Å²) in [5.74, 6) is 0. The number of fused-ring (bicyclic) bond motifs is 2. The highest BCUT2D eigenvalue weighted by molar-refractivity contribution is 5.91. The van der Waals surface area contributed by atoms with Crippen LogP contribution in [0.3, 0.4) is 0 Å². The van der Waals surface area contributed by atoms with Gasteiger partial charge < -0.3 is 10.2 Å². The number of benzene rings is 1.